The van der Waals surface area contributed by atoms with Crippen molar-refractivity contribution in [1.29, 1.82) is 0 Å². The summed E-state index contributed by atoms with van der Waals surface area (Å²) in [7, 11) is 1.57. The fraction of sp³-hybridized carbons (Fsp3) is 0.217. The lowest BCUT2D eigenvalue weighted by molar-refractivity contribution is 0.0746. The number of pyridine rings is 1. The second-order valence-electron chi connectivity index (χ2n) is 6.86. The Morgan fingerprint density at radius 1 is 1.03 bits per heavy atom. The number of nitrogens with zero attached hydrogens (tertiary/aromatic N) is 5. The summed E-state index contributed by atoms with van der Waals surface area (Å²) in [5.41, 5.74) is 1.80. The average molecular weight is 417 g/mol. The molecule has 1 aromatic carbocycles. The molecule has 3 heterocycles. The first kappa shape index (κ1) is 20.3. The van der Waals surface area contributed by atoms with Gasteiger partial charge in [-0.1, -0.05) is 12.0 Å². The van der Waals surface area contributed by atoms with Gasteiger partial charge in [-0.25, -0.2) is 19.3 Å². The van der Waals surface area contributed by atoms with Crippen molar-refractivity contribution in [3.63, 3.8) is 0 Å². The minimum atomic E-state index is -0.473. The summed E-state index contributed by atoms with van der Waals surface area (Å²) in [4.78, 5) is 29.0. The van der Waals surface area contributed by atoms with E-state index >= 15 is 0 Å². The zero-order valence-electron chi connectivity index (χ0n) is 17.0. The van der Waals surface area contributed by atoms with Gasteiger partial charge < -0.3 is 14.5 Å². The highest BCUT2D eigenvalue weighted by Gasteiger charge is 2.24. The van der Waals surface area contributed by atoms with Gasteiger partial charge in [-0.2, -0.15) is 0 Å². The lowest BCUT2D eigenvalue weighted by Gasteiger charge is -2.34. The summed E-state index contributed by atoms with van der Waals surface area (Å²) in [6, 6.07) is 10.7. The zero-order chi connectivity index (χ0) is 21.6. The Kier molecular flexibility index (Phi) is 6.03. The van der Waals surface area contributed by atoms with Gasteiger partial charge in [0.1, 0.15) is 11.4 Å². The van der Waals surface area contributed by atoms with Crippen LogP contribution in [0.4, 0.5) is 10.3 Å². The Labute approximate surface area is 179 Å². The number of benzene rings is 1. The summed E-state index contributed by atoms with van der Waals surface area (Å²) >= 11 is 0. The van der Waals surface area contributed by atoms with Gasteiger partial charge >= 0.3 is 0 Å². The molecular weight excluding hydrogens is 397 g/mol. The maximum Gasteiger partial charge on any atom is 0.254 e. The van der Waals surface area contributed by atoms with Gasteiger partial charge in [0.15, 0.2) is 5.82 Å². The molecule has 31 heavy (non-hydrogen) atoms. The van der Waals surface area contributed by atoms with Crippen LogP contribution in [0.3, 0.4) is 0 Å². The van der Waals surface area contributed by atoms with Crippen LogP contribution in [0.5, 0.6) is 5.75 Å². The van der Waals surface area contributed by atoms with E-state index < -0.39 is 5.82 Å². The van der Waals surface area contributed by atoms with E-state index in [1.165, 1.54) is 0 Å². The number of halogens is 1. The van der Waals surface area contributed by atoms with E-state index in [9.17, 15) is 9.18 Å². The third-order valence-corrected chi connectivity index (χ3v) is 4.89. The SMILES string of the molecule is COc1ccc(C(=O)N2CCN(c3ncc(F)cn3)CC2)cc1C#Cc1ccccn1. The van der Waals surface area contributed by atoms with Crippen molar-refractivity contribution in [2.24, 2.45) is 0 Å². The number of carbonyl (C=O) groups excluding carboxylic acids is 1. The topological polar surface area (TPSA) is 71.5 Å². The quantitative estimate of drug-likeness (QED) is 0.610. The summed E-state index contributed by atoms with van der Waals surface area (Å²) in [6.45, 7) is 2.17. The molecule has 1 amide bonds. The van der Waals surface area contributed by atoms with Gasteiger partial charge in [-0.05, 0) is 36.3 Å². The molecule has 0 atom stereocenters. The third-order valence-electron chi connectivity index (χ3n) is 4.89. The number of methoxy groups -OCH3 is 1. The van der Waals surface area contributed by atoms with Crippen molar-refractivity contribution in [3.8, 4) is 17.6 Å². The Balaban J connectivity index is 1.47. The van der Waals surface area contributed by atoms with Gasteiger partial charge in [-0.15, -0.1) is 0 Å². The Bertz CT molecular complexity index is 1120. The van der Waals surface area contributed by atoms with Crippen molar-refractivity contribution in [1.82, 2.24) is 19.9 Å². The second kappa shape index (κ2) is 9.22. The number of anilines is 1. The summed E-state index contributed by atoms with van der Waals surface area (Å²) in [5.74, 6) is 6.55. The Morgan fingerprint density at radius 3 is 2.48 bits per heavy atom. The van der Waals surface area contributed by atoms with Crippen LogP contribution in [0.25, 0.3) is 0 Å². The zero-order valence-corrected chi connectivity index (χ0v) is 17.0. The number of hydrogen-bond donors (Lipinski definition) is 0. The predicted molar refractivity (Wildman–Crippen MR) is 113 cm³/mol. The highest BCUT2D eigenvalue weighted by Crippen LogP contribution is 2.21. The molecule has 1 aliphatic heterocycles. The van der Waals surface area contributed by atoms with Gasteiger partial charge in [-0.3, -0.25) is 4.79 Å². The molecule has 0 N–H and O–H groups in total. The molecule has 4 rings (SSSR count). The first-order valence-electron chi connectivity index (χ1n) is 9.77. The number of hydrogen-bond acceptors (Lipinski definition) is 6. The lowest BCUT2D eigenvalue weighted by Crippen LogP contribution is -2.49. The van der Waals surface area contributed by atoms with Gasteiger partial charge in [0.25, 0.3) is 5.91 Å². The lowest BCUT2D eigenvalue weighted by atomic mass is 10.1. The molecule has 3 aromatic rings. The number of rotatable bonds is 3. The molecule has 156 valence electrons. The van der Waals surface area contributed by atoms with Crippen LogP contribution in [0.1, 0.15) is 21.6 Å². The molecule has 1 fully saturated rings. The molecule has 1 saturated heterocycles. The molecule has 1 aliphatic rings. The molecule has 0 spiro atoms. The van der Waals surface area contributed by atoms with Gasteiger partial charge in [0.05, 0.1) is 25.1 Å². The van der Waals surface area contributed by atoms with Crippen LogP contribution in [0.2, 0.25) is 0 Å². The van der Waals surface area contributed by atoms with Crippen molar-refractivity contribution in [2.45, 2.75) is 0 Å². The van der Waals surface area contributed by atoms with Crippen LogP contribution in [0, 0.1) is 17.7 Å². The molecule has 0 aliphatic carbocycles. The van der Waals surface area contributed by atoms with Gasteiger partial charge in [0.2, 0.25) is 5.95 Å². The minimum absolute atomic E-state index is 0.0804. The predicted octanol–water partition coefficient (Wildman–Crippen LogP) is 2.38. The smallest absolute Gasteiger partial charge is 0.254 e. The van der Waals surface area contributed by atoms with Crippen molar-refractivity contribution in [3.05, 3.63) is 77.6 Å². The first-order valence-corrected chi connectivity index (χ1v) is 9.77. The molecule has 2 aromatic heterocycles. The monoisotopic (exact) mass is 417 g/mol. The van der Waals surface area contributed by atoms with Crippen LogP contribution >= 0.6 is 0 Å². The number of piperazine rings is 1. The van der Waals surface area contributed by atoms with E-state index in [2.05, 4.69) is 26.8 Å². The van der Waals surface area contributed by atoms with Crippen LogP contribution in [-0.2, 0) is 0 Å². The summed E-state index contributed by atoms with van der Waals surface area (Å²) in [6.07, 6.45) is 3.97. The standard InChI is InChI=1S/C23H20FN5O2/c1-31-21-8-6-18(14-17(21)5-7-20-4-2-3-9-25-20)22(30)28-10-12-29(13-11-28)23-26-15-19(24)16-27-23/h2-4,6,8-9,14-16H,10-13H2,1H3. The fourth-order valence-corrected chi connectivity index (χ4v) is 3.27. The van der Waals surface area contributed by atoms with Crippen LogP contribution in [-0.4, -0.2) is 59.0 Å². The van der Waals surface area contributed by atoms with E-state index in [0.29, 0.717) is 54.7 Å². The highest BCUT2D eigenvalue weighted by molar-refractivity contribution is 5.95. The molecule has 0 radical (unpaired) electrons. The van der Waals surface area contributed by atoms with Crippen LogP contribution < -0.4 is 9.64 Å². The molecule has 0 unspecified atom stereocenters. The molecule has 0 saturated carbocycles. The van der Waals surface area contributed by atoms with Crippen molar-refractivity contribution < 1.29 is 13.9 Å². The Morgan fingerprint density at radius 2 is 1.81 bits per heavy atom. The van der Waals surface area contributed by atoms with Crippen molar-refractivity contribution in [2.75, 3.05) is 38.2 Å². The van der Waals surface area contributed by atoms with Crippen LogP contribution in [0.15, 0.2) is 55.0 Å². The number of carbonyl (C=O) groups is 1. The Hall–Kier alpha value is -3.99. The van der Waals surface area contributed by atoms with E-state index in [0.717, 1.165) is 12.4 Å². The number of amides is 1. The van der Waals surface area contributed by atoms with E-state index in [-0.39, 0.29) is 5.91 Å². The largest absolute Gasteiger partial charge is 0.495 e. The minimum Gasteiger partial charge on any atom is -0.495 e. The van der Waals surface area contributed by atoms with E-state index in [4.69, 9.17) is 4.74 Å². The maximum atomic E-state index is 13.0. The number of aromatic nitrogens is 3. The maximum absolute atomic E-state index is 13.0. The summed E-state index contributed by atoms with van der Waals surface area (Å²) < 4.78 is 18.4. The summed E-state index contributed by atoms with van der Waals surface area (Å²) in [5, 5.41) is 0. The highest BCUT2D eigenvalue weighted by atomic mass is 19.1. The second-order valence-corrected chi connectivity index (χ2v) is 6.86. The van der Waals surface area contributed by atoms with Crippen molar-refractivity contribution >= 4 is 11.9 Å². The van der Waals surface area contributed by atoms with E-state index in [1.54, 1.807) is 36.4 Å². The normalized spacial score (nSPS) is 13.4. The molecule has 7 nitrogen and oxygen atoms in total. The number of ether oxygens (including phenoxy) is 1. The fourth-order valence-electron chi connectivity index (χ4n) is 3.27. The first-order chi connectivity index (χ1) is 15.1. The molecule has 8 heteroatoms. The van der Waals surface area contributed by atoms with E-state index in [1.807, 2.05) is 23.1 Å². The molecular formula is C23H20FN5O2. The average Bonchev–Trinajstić information content (AvgIpc) is 2.83. The third kappa shape index (κ3) is 4.78. The molecule has 0 bridgehead atoms. The van der Waals surface area contributed by atoms with Gasteiger partial charge in [0, 0.05) is 37.9 Å².